The second-order valence-electron chi connectivity index (χ2n) is 7.23. The van der Waals surface area contributed by atoms with Gasteiger partial charge in [0, 0.05) is 11.8 Å². The van der Waals surface area contributed by atoms with Gasteiger partial charge >= 0.3 is 6.18 Å². The van der Waals surface area contributed by atoms with Gasteiger partial charge in [-0.2, -0.15) is 23.3 Å². The van der Waals surface area contributed by atoms with Crippen molar-refractivity contribution < 1.29 is 27.4 Å². The molecule has 4 rings (SSSR count). The number of hydrogen-bond acceptors (Lipinski definition) is 6. The van der Waals surface area contributed by atoms with Crippen LogP contribution in [-0.2, 0) is 11.0 Å². The van der Waals surface area contributed by atoms with Gasteiger partial charge in [-0.1, -0.05) is 12.1 Å². The van der Waals surface area contributed by atoms with E-state index in [0.29, 0.717) is 34.4 Å². The number of allylic oxidation sites excluding steroid dienone is 1. The summed E-state index contributed by atoms with van der Waals surface area (Å²) in [6.07, 6.45) is -3.17. The number of nitrogens with one attached hydrogen (secondary N) is 2. The van der Waals surface area contributed by atoms with E-state index in [0.717, 1.165) is 12.1 Å². The number of carbonyl (C=O) groups is 1. The minimum atomic E-state index is -4.47. The summed E-state index contributed by atoms with van der Waals surface area (Å²) in [7, 11) is 2.97. The van der Waals surface area contributed by atoms with E-state index in [1.165, 1.54) is 37.4 Å². The SMILES string of the molecule is COc1ccc(OC)c(NC(=O)C2=C(C)Nc3ncnn3[C@H]2c2ccc(C(F)(F)F)cc2)c1. The molecule has 2 aromatic carbocycles. The number of benzene rings is 2. The Balaban J connectivity index is 1.75. The monoisotopic (exact) mass is 459 g/mol. The summed E-state index contributed by atoms with van der Waals surface area (Å²) in [6.45, 7) is 1.69. The van der Waals surface area contributed by atoms with Crippen molar-refractivity contribution in [2.24, 2.45) is 0 Å². The molecule has 0 fully saturated rings. The van der Waals surface area contributed by atoms with Crippen LogP contribution in [0.2, 0.25) is 0 Å². The van der Waals surface area contributed by atoms with Crippen LogP contribution in [0, 0.1) is 0 Å². The van der Waals surface area contributed by atoms with Gasteiger partial charge < -0.3 is 20.1 Å². The van der Waals surface area contributed by atoms with Gasteiger partial charge in [-0.3, -0.25) is 4.79 Å². The Morgan fingerprint density at radius 2 is 1.85 bits per heavy atom. The smallest absolute Gasteiger partial charge is 0.416 e. The van der Waals surface area contributed by atoms with Crippen molar-refractivity contribution >= 4 is 17.5 Å². The Bertz CT molecular complexity index is 1220. The largest absolute Gasteiger partial charge is 0.497 e. The van der Waals surface area contributed by atoms with Gasteiger partial charge in [-0.15, -0.1) is 0 Å². The van der Waals surface area contributed by atoms with Gasteiger partial charge in [0.25, 0.3) is 5.91 Å². The first kappa shape index (κ1) is 22.2. The molecule has 1 aromatic heterocycles. The average molecular weight is 459 g/mol. The molecule has 0 saturated carbocycles. The molecular formula is C22H20F3N5O3. The molecule has 172 valence electrons. The Labute approximate surface area is 187 Å². The third-order valence-corrected chi connectivity index (χ3v) is 5.25. The van der Waals surface area contributed by atoms with Gasteiger partial charge in [0.05, 0.1) is 31.0 Å². The quantitative estimate of drug-likeness (QED) is 0.593. The van der Waals surface area contributed by atoms with Crippen LogP contribution >= 0.6 is 0 Å². The van der Waals surface area contributed by atoms with Crippen molar-refractivity contribution in [3.8, 4) is 11.5 Å². The first-order valence-corrected chi connectivity index (χ1v) is 9.80. The maximum Gasteiger partial charge on any atom is 0.416 e. The third-order valence-electron chi connectivity index (χ3n) is 5.25. The van der Waals surface area contributed by atoms with Crippen LogP contribution in [0.5, 0.6) is 11.5 Å². The number of fused-ring (bicyclic) bond motifs is 1. The molecule has 11 heteroatoms. The maximum atomic E-state index is 13.4. The molecule has 2 heterocycles. The zero-order valence-corrected chi connectivity index (χ0v) is 17.9. The van der Waals surface area contributed by atoms with Crippen molar-refractivity contribution in [3.63, 3.8) is 0 Å². The van der Waals surface area contributed by atoms with Crippen LogP contribution in [0.3, 0.4) is 0 Å². The van der Waals surface area contributed by atoms with E-state index < -0.39 is 23.7 Å². The number of methoxy groups -OCH3 is 2. The number of carbonyl (C=O) groups excluding carboxylic acids is 1. The topological polar surface area (TPSA) is 90.3 Å². The van der Waals surface area contributed by atoms with Gasteiger partial charge in [0.1, 0.15) is 23.9 Å². The van der Waals surface area contributed by atoms with E-state index >= 15 is 0 Å². The molecule has 8 nitrogen and oxygen atoms in total. The highest BCUT2D eigenvalue weighted by Crippen LogP contribution is 2.38. The normalized spacial score (nSPS) is 15.5. The second-order valence-corrected chi connectivity index (χ2v) is 7.23. The lowest BCUT2D eigenvalue weighted by molar-refractivity contribution is -0.137. The minimum Gasteiger partial charge on any atom is -0.497 e. The zero-order chi connectivity index (χ0) is 23.8. The van der Waals surface area contributed by atoms with Gasteiger partial charge in [0.15, 0.2) is 0 Å². The summed E-state index contributed by atoms with van der Waals surface area (Å²) in [5.41, 5.74) is 0.778. The van der Waals surface area contributed by atoms with Crippen LogP contribution in [0.15, 0.2) is 60.1 Å². The fourth-order valence-electron chi connectivity index (χ4n) is 3.65. The lowest BCUT2D eigenvalue weighted by Crippen LogP contribution is -2.31. The van der Waals surface area contributed by atoms with E-state index in [4.69, 9.17) is 9.47 Å². The zero-order valence-electron chi connectivity index (χ0n) is 17.9. The highest BCUT2D eigenvalue weighted by molar-refractivity contribution is 6.06. The molecule has 0 radical (unpaired) electrons. The first-order chi connectivity index (χ1) is 15.7. The molecule has 0 unspecified atom stereocenters. The molecular weight excluding hydrogens is 439 g/mol. The molecule has 1 atom stereocenters. The predicted octanol–water partition coefficient (Wildman–Crippen LogP) is 4.24. The van der Waals surface area contributed by atoms with E-state index in [1.807, 2.05) is 0 Å². The lowest BCUT2D eigenvalue weighted by Gasteiger charge is -2.29. The fourth-order valence-corrected chi connectivity index (χ4v) is 3.65. The molecule has 1 aliphatic heterocycles. The summed E-state index contributed by atoms with van der Waals surface area (Å²) in [5.74, 6) is 0.806. The highest BCUT2D eigenvalue weighted by atomic mass is 19.4. The van der Waals surface area contributed by atoms with Gasteiger partial charge in [-0.05, 0) is 36.8 Å². The van der Waals surface area contributed by atoms with E-state index in [-0.39, 0.29) is 5.57 Å². The van der Waals surface area contributed by atoms with Crippen LogP contribution in [0.25, 0.3) is 0 Å². The number of aromatic nitrogens is 3. The number of rotatable bonds is 5. The molecule has 3 aromatic rings. The van der Waals surface area contributed by atoms with Crippen LogP contribution in [0.1, 0.15) is 24.1 Å². The van der Waals surface area contributed by atoms with Crippen molar-refractivity contribution in [3.05, 3.63) is 71.2 Å². The molecule has 0 saturated heterocycles. The van der Waals surface area contributed by atoms with Gasteiger partial charge in [-0.25, -0.2) is 4.68 Å². The van der Waals surface area contributed by atoms with E-state index in [9.17, 15) is 18.0 Å². The third kappa shape index (κ3) is 4.21. The summed E-state index contributed by atoms with van der Waals surface area (Å²) < 4.78 is 51.2. The molecule has 0 aliphatic carbocycles. The fraction of sp³-hybridized carbons (Fsp3) is 0.227. The molecule has 2 N–H and O–H groups in total. The number of hydrogen-bond donors (Lipinski definition) is 2. The molecule has 0 bridgehead atoms. The van der Waals surface area contributed by atoms with Crippen molar-refractivity contribution in [2.75, 3.05) is 24.9 Å². The molecule has 33 heavy (non-hydrogen) atoms. The molecule has 1 amide bonds. The summed E-state index contributed by atoms with van der Waals surface area (Å²) in [6, 6.07) is 8.76. The summed E-state index contributed by atoms with van der Waals surface area (Å²) >= 11 is 0. The number of alkyl halides is 3. The number of halogens is 3. The highest BCUT2D eigenvalue weighted by Gasteiger charge is 2.35. The van der Waals surface area contributed by atoms with Crippen LogP contribution < -0.4 is 20.1 Å². The molecule has 0 spiro atoms. The van der Waals surface area contributed by atoms with Crippen LogP contribution in [0.4, 0.5) is 24.8 Å². The summed E-state index contributed by atoms with van der Waals surface area (Å²) in [4.78, 5) is 17.6. The van der Waals surface area contributed by atoms with E-state index in [2.05, 4.69) is 20.7 Å². The maximum absolute atomic E-state index is 13.4. The second kappa shape index (κ2) is 8.49. The first-order valence-electron chi connectivity index (χ1n) is 9.80. The Morgan fingerprint density at radius 1 is 1.12 bits per heavy atom. The van der Waals surface area contributed by atoms with Gasteiger partial charge in [0.2, 0.25) is 5.95 Å². The summed E-state index contributed by atoms with van der Waals surface area (Å²) in [5, 5.41) is 10.0. The standard InChI is InChI=1S/C22H20F3N5O3/c1-12-18(20(31)29-16-10-15(32-2)8-9-17(16)33-3)19(30-21(28-12)26-11-27-30)13-4-6-14(7-5-13)22(23,24)25/h4-11,19H,1-3H3,(H,29,31)(H,26,27,28)/t19-/m0/s1. The number of ether oxygens (including phenoxy) is 2. The van der Waals surface area contributed by atoms with Crippen LogP contribution in [-0.4, -0.2) is 34.9 Å². The number of anilines is 2. The Hall–Kier alpha value is -4.02. The van der Waals surface area contributed by atoms with Crippen molar-refractivity contribution in [1.29, 1.82) is 0 Å². The number of amides is 1. The Kier molecular flexibility index (Phi) is 5.71. The number of nitrogens with zero attached hydrogens (tertiary/aromatic N) is 3. The average Bonchev–Trinajstić information content (AvgIpc) is 3.25. The lowest BCUT2D eigenvalue weighted by atomic mass is 9.94. The molecule has 1 aliphatic rings. The Morgan fingerprint density at radius 3 is 2.48 bits per heavy atom. The predicted molar refractivity (Wildman–Crippen MR) is 114 cm³/mol. The van der Waals surface area contributed by atoms with Crippen molar-refractivity contribution in [1.82, 2.24) is 14.8 Å². The van der Waals surface area contributed by atoms with E-state index in [1.54, 1.807) is 25.1 Å². The minimum absolute atomic E-state index is 0.262. The van der Waals surface area contributed by atoms with Crippen molar-refractivity contribution in [2.45, 2.75) is 19.1 Å².